The van der Waals surface area contributed by atoms with Crippen LogP contribution in [0.4, 0.5) is 5.69 Å². The quantitative estimate of drug-likeness (QED) is 0.662. The minimum absolute atomic E-state index is 0.119. The molecule has 0 atom stereocenters. The van der Waals surface area contributed by atoms with Gasteiger partial charge in [-0.3, -0.25) is 4.79 Å². The average Bonchev–Trinajstić information content (AvgIpc) is 3.00. The van der Waals surface area contributed by atoms with Crippen LogP contribution >= 0.6 is 23.4 Å². The van der Waals surface area contributed by atoms with Crippen molar-refractivity contribution in [1.29, 1.82) is 0 Å². The summed E-state index contributed by atoms with van der Waals surface area (Å²) in [6, 6.07) is 10.5. The van der Waals surface area contributed by atoms with Gasteiger partial charge in [-0.05, 0) is 73.6 Å². The highest BCUT2D eigenvalue weighted by Gasteiger charge is 2.24. The first-order chi connectivity index (χ1) is 13.5. The third kappa shape index (κ3) is 4.79. The fourth-order valence-electron chi connectivity index (χ4n) is 2.48. The zero-order valence-corrected chi connectivity index (χ0v) is 16.9. The van der Waals surface area contributed by atoms with Crippen LogP contribution in [0, 0.1) is 0 Å². The lowest BCUT2D eigenvalue weighted by atomic mass is 10.2. The van der Waals surface area contributed by atoms with Gasteiger partial charge in [0.15, 0.2) is 16.7 Å². The molecule has 0 aromatic heterocycles. The monoisotopic (exact) mass is 418 g/mol. The molecule has 0 bridgehead atoms. The number of phenolic OH excluding ortho intramolecular Hbond substituents is 1. The van der Waals surface area contributed by atoms with E-state index in [0.717, 1.165) is 5.75 Å². The summed E-state index contributed by atoms with van der Waals surface area (Å²) in [5.74, 6) is 0.668. The Morgan fingerprint density at radius 3 is 2.57 bits per heavy atom. The summed E-state index contributed by atoms with van der Waals surface area (Å²) in [4.78, 5) is 17.2. The Labute approximate surface area is 172 Å². The number of benzene rings is 2. The molecule has 1 heterocycles. The minimum atomic E-state index is -0.253. The first kappa shape index (κ1) is 20.1. The normalized spacial score (nSPS) is 16.5. The number of phenols is 1. The molecule has 0 radical (unpaired) electrons. The molecule has 0 unspecified atom stereocenters. The Morgan fingerprint density at radius 2 is 1.89 bits per heavy atom. The zero-order valence-electron chi connectivity index (χ0n) is 15.4. The van der Waals surface area contributed by atoms with Crippen LogP contribution in [-0.4, -0.2) is 29.4 Å². The molecule has 1 aliphatic heterocycles. The van der Waals surface area contributed by atoms with Crippen molar-refractivity contribution in [2.75, 3.05) is 13.2 Å². The molecule has 2 N–H and O–H groups in total. The maximum absolute atomic E-state index is 12.3. The van der Waals surface area contributed by atoms with E-state index in [1.807, 2.05) is 38.1 Å². The summed E-state index contributed by atoms with van der Waals surface area (Å²) in [6.45, 7) is 4.71. The highest BCUT2D eigenvalue weighted by Crippen LogP contribution is 2.37. The summed E-state index contributed by atoms with van der Waals surface area (Å²) in [5.41, 5.74) is 1.35. The first-order valence-electron chi connectivity index (χ1n) is 8.68. The van der Waals surface area contributed by atoms with Crippen LogP contribution in [0.15, 0.2) is 46.3 Å². The van der Waals surface area contributed by atoms with Gasteiger partial charge in [0.05, 0.1) is 28.8 Å². The van der Waals surface area contributed by atoms with Crippen LogP contribution in [-0.2, 0) is 4.79 Å². The Hall–Kier alpha value is -2.64. The summed E-state index contributed by atoms with van der Waals surface area (Å²) < 4.78 is 10.8. The molecular weight excluding hydrogens is 400 g/mol. The molecule has 3 rings (SSSR count). The van der Waals surface area contributed by atoms with Crippen molar-refractivity contribution in [1.82, 2.24) is 5.32 Å². The van der Waals surface area contributed by atoms with Gasteiger partial charge in [0.25, 0.3) is 5.91 Å². The Kier molecular flexibility index (Phi) is 6.49. The molecule has 2 aromatic rings. The summed E-state index contributed by atoms with van der Waals surface area (Å²) in [7, 11) is 0. The average molecular weight is 419 g/mol. The van der Waals surface area contributed by atoms with E-state index in [1.54, 1.807) is 18.2 Å². The van der Waals surface area contributed by atoms with E-state index in [0.29, 0.717) is 34.5 Å². The van der Waals surface area contributed by atoms with Gasteiger partial charge < -0.3 is 19.9 Å². The molecule has 8 heteroatoms. The van der Waals surface area contributed by atoms with Crippen molar-refractivity contribution in [2.24, 2.45) is 4.99 Å². The summed E-state index contributed by atoms with van der Waals surface area (Å²) in [5, 5.41) is 13.3. The number of nitrogens with zero attached hydrogens (tertiary/aromatic N) is 1. The van der Waals surface area contributed by atoms with Gasteiger partial charge in [0, 0.05) is 0 Å². The largest absolute Gasteiger partial charge is 0.503 e. The molecule has 1 aliphatic rings. The van der Waals surface area contributed by atoms with Gasteiger partial charge in [-0.15, -0.1) is 0 Å². The van der Waals surface area contributed by atoms with Crippen LogP contribution < -0.4 is 14.8 Å². The van der Waals surface area contributed by atoms with E-state index in [-0.39, 0.29) is 22.4 Å². The molecule has 2 aromatic carbocycles. The topological polar surface area (TPSA) is 80.2 Å². The molecule has 1 fully saturated rings. The number of amides is 1. The molecule has 6 nitrogen and oxygen atoms in total. The van der Waals surface area contributed by atoms with Crippen molar-refractivity contribution < 1.29 is 19.4 Å². The lowest BCUT2D eigenvalue weighted by Crippen LogP contribution is -2.19. The Morgan fingerprint density at radius 1 is 1.18 bits per heavy atom. The number of thioether (sulfide) groups is 1. The number of carbonyl (C=O) groups excluding carboxylic acids is 1. The maximum atomic E-state index is 12.3. The molecule has 28 heavy (non-hydrogen) atoms. The highest BCUT2D eigenvalue weighted by atomic mass is 35.5. The maximum Gasteiger partial charge on any atom is 0.264 e. The van der Waals surface area contributed by atoms with Gasteiger partial charge in [-0.1, -0.05) is 11.6 Å². The van der Waals surface area contributed by atoms with Gasteiger partial charge in [-0.25, -0.2) is 4.99 Å². The first-order valence-corrected chi connectivity index (χ1v) is 9.87. The third-order valence-corrected chi connectivity index (χ3v) is 4.88. The third-order valence-electron chi connectivity index (χ3n) is 3.68. The van der Waals surface area contributed by atoms with E-state index in [1.165, 1.54) is 11.8 Å². The Balaban J connectivity index is 1.80. The summed E-state index contributed by atoms with van der Waals surface area (Å²) >= 11 is 7.27. The molecule has 1 saturated heterocycles. The van der Waals surface area contributed by atoms with Crippen molar-refractivity contribution in [2.45, 2.75) is 13.8 Å². The number of carbonyl (C=O) groups is 1. The number of nitrogens with one attached hydrogen (secondary N) is 1. The van der Waals surface area contributed by atoms with Gasteiger partial charge in [-0.2, -0.15) is 0 Å². The number of halogens is 1. The van der Waals surface area contributed by atoms with Crippen molar-refractivity contribution in [3.8, 4) is 17.2 Å². The predicted molar refractivity (Wildman–Crippen MR) is 113 cm³/mol. The number of rotatable bonds is 6. The van der Waals surface area contributed by atoms with Gasteiger partial charge >= 0.3 is 0 Å². The van der Waals surface area contributed by atoms with Crippen LogP contribution in [0.3, 0.4) is 0 Å². The number of hydrogen-bond acceptors (Lipinski definition) is 6. The van der Waals surface area contributed by atoms with Crippen LogP contribution in [0.25, 0.3) is 6.08 Å². The minimum Gasteiger partial charge on any atom is -0.503 e. The molecule has 0 saturated carbocycles. The fourth-order valence-corrected chi connectivity index (χ4v) is 3.54. The van der Waals surface area contributed by atoms with Crippen molar-refractivity contribution in [3.05, 3.63) is 51.9 Å². The van der Waals surface area contributed by atoms with E-state index >= 15 is 0 Å². The number of ether oxygens (including phenoxy) is 2. The van der Waals surface area contributed by atoms with Crippen molar-refractivity contribution in [3.63, 3.8) is 0 Å². The molecular formula is C20H19ClN2O4S. The SMILES string of the molecule is CCOc1ccc(N=C2NC(=O)/C(=C\c3cc(Cl)c(O)c(OCC)c3)S2)cc1. The predicted octanol–water partition coefficient (Wildman–Crippen LogP) is 4.73. The number of aliphatic imine (C=N–C) groups is 1. The zero-order chi connectivity index (χ0) is 20.1. The van der Waals surface area contributed by atoms with Crippen LogP contribution in [0.5, 0.6) is 17.2 Å². The number of amidine groups is 1. The second-order valence-corrected chi connectivity index (χ2v) is 7.13. The van der Waals surface area contributed by atoms with E-state index < -0.39 is 0 Å². The van der Waals surface area contributed by atoms with Gasteiger partial charge in [0.2, 0.25) is 0 Å². The second-order valence-electron chi connectivity index (χ2n) is 5.69. The number of aromatic hydroxyl groups is 1. The summed E-state index contributed by atoms with van der Waals surface area (Å²) in [6.07, 6.45) is 1.68. The van der Waals surface area contributed by atoms with E-state index in [4.69, 9.17) is 21.1 Å². The lowest BCUT2D eigenvalue weighted by molar-refractivity contribution is -0.115. The number of hydrogen-bond donors (Lipinski definition) is 2. The van der Waals surface area contributed by atoms with Crippen molar-refractivity contribution >= 4 is 46.2 Å². The standard InChI is InChI=1S/C20H19ClN2O4S/c1-3-26-14-7-5-13(6-8-14)22-20-23-19(25)17(28-20)11-12-9-15(21)18(24)16(10-12)27-4-2/h5-11,24H,3-4H2,1-2H3,(H,22,23,25)/b17-11+. The van der Waals surface area contributed by atoms with Crippen LogP contribution in [0.1, 0.15) is 19.4 Å². The lowest BCUT2D eigenvalue weighted by Gasteiger charge is -2.08. The highest BCUT2D eigenvalue weighted by molar-refractivity contribution is 8.18. The molecule has 0 aliphatic carbocycles. The molecule has 146 valence electrons. The second kappa shape index (κ2) is 9.03. The van der Waals surface area contributed by atoms with Gasteiger partial charge in [0.1, 0.15) is 5.75 Å². The smallest absolute Gasteiger partial charge is 0.264 e. The molecule has 0 spiro atoms. The fraction of sp³-hybridized carbons (Fsp3) is 0.200. The molecule has 1 amide bonds. The Bertz CT molecular complexity index is 942. The van der Waals surface area contributed by atoms with Crippen LogP contribution in [0.2, 0.25) is 5.02 Å². The van der Waals surface area contributed by atoms with E-state index in [2.05, 4.69) is 10.3 Å². The van der Waals surface area contributed by atoms with E-state index in [9.17, 15) is 9.90 Å².